The monoisotopic (exact) mass is 271 g/mol. The number of nitrogens with one attached hydrogen (secondary N) is 1. The molecule has 0 bridgehead atoms. The van der Waals surface area contributed by atoms with Crippen LogP contribution < -0.4 is 5.32 Å². The molecule has 1 heteroatoms. The van der Waals surface area contributed by atoms with Gasteiger partial charge in [0.15, 0.2) is 0 Å². The van der Waals surface area contributed by atoms with Gasteiger partial charge in [0.05, 0.1) is 0 Å². The first-order valence-electron chi connectivity index (χ1n) is 8.66. The van der Waals surface area contributed by atoms with Crippen LogP contribution in [0, 0.1) is 0 Å². The van der Waals surface area contributed by atoms with Crippen molar-refractivity contribution in [2.24, 2.45) is 0 Å². The number of rotatable bonds is 3. The van der Waals surface area contributed by atoms with Gasteiger partial charge in [-0.1, -0.05) is 51.3 Å². The van der Waals surface area contributed by atoms with Crippen LogP contribution in [-0.4, -0.2) is 6.54 Å². The fraction of sp³-hybridized carbons (Fsp3) is 0.684. The quantitative estimate of drug-likeness (QED) is 0.788. The Hall–Kier alpha value is -0.820. The molecule has 2 atom stereocenters. The Bertz CT molecular complexity index is 445. The van der Waals surface area contributed by atoms with Gasteiger partial charge in [-0.3, -0.25) is 0 Å². The van der Waals surface area contributed by atoms with Crippen molar-refractivity contribution in [3.63, 3.8) is 0 Å². The summed E-state index contributed by atoms with van der Waals surface area (Å²) in [6.45, 7) is 5.69. The predicted octanol–water partition coefficient (Wildman–Crippen LogP) is 5.28. The molecular formula is C19H29N. The molecule has 2 unspecified atom stereocenters. The van der Waals surface area contributed by atoms with E-state index in [2.05, 4.69) is 37.4 Å². The lowest BCUT2D eigenvalue weighted by molar-refractivity contribution is 0.431. The van der Waals surface area contributed by atoms with Crippen LogP contribution in [0.2, 0.25) is 0 Å². The van der Waals surface area contributed by atoms with Crippen LogP contribution in [0.25, 0.3) is 0 Å². The average Bonchev–Trinajstić information content (AvgIpc) is 2.51. The Morgan fingerprint density at radius 2 is 1.80 bits per heavy atom. The van der Waals surface area contributed by atoms with Crippen LogP contribution in [0.15, 0.2) is 18.2 Å². The highest BCUT2D eigenvalue weighted by atomic mass is 14.9. The molecular weight excluding hydrogens is 242 g/mol. The minimum absolute atomic E-state index is 0.592. The van der Waals surface area contributed by atoms with Crippen molar-refractivity contribution in [2.45, 2.75) is 76.7 Å². The second kappa shape index (κ2) is 6.30. The Kier molecular flexibility index (Phi) is 4.45. The maximum absolute atomic E-state index is 3.69. The molecule has 1 fully saturated rings. The lowest BCUT2D eigenvalue weighted by Gasteiger charge is -2.32. The highest BCUT2D eigenvalue weighted by molar-refractivity contribution is 5.39. The molecule has 1 saturated carbocycles. The Balaban J connectivity index is 1.89. The summed E-state index contributed by atoms with van der Waals surface area (Å²) in [6.07, 6.45) is 9.73. The molecule has 2 aliphatic carbocycles. The van der Waals surface area contributed by atoms with E-state index in [4.69, 9.17) is 0 Å². The molecule has 0 heterocycles. The fourth-order valence-electron chi connectivity index (χ4n) is 4.22. The lowest BCUT2D eigenvalue weighted by atomic mass is 9.77. The van der Waals surface area contributed by atoms with E-state index in [0.29, 0.717) is 6.04 Å². The van der Waals surface area contributed by atoms with Crippen LogP contribution in [0.1, 0.15) is 93.4 Å². The van der Waals surface area contributed by atoms with Crippen molar-refractivity contribution in [3.8, 4) is 0 Å². The molecule has 0 aromatic heterocycles. The molecule has 0 spiro atoms. The van der Waals surface area contributed by atoms with Crippen LogP contribution in [0.5, 0.6) is 0 Å². The van der Waals surface area contributed by atoms with Gasteiger partial charge in [-0.2, -0.15) is 0 Å². The van der Waals surface area contributed by atoms with Crippen molar-refractivity contribution in [1.29, 1.82) is 0 Å². The van der Waals surface area contributed by atoms with E-state index in [1.807, 2.05) is 0 Å². The van der Waals surface area contributed by atoms with Gasteiger partial charge >= 0.3 is 0 Å². The third kappa shape index (κ3) is 2.79. The first-order chi connectivity index (χ1) is 9.79. The average molecular weight is 271 g/mol. The molecule has 1 aromatic rings. The Labute approximate surface area is 124 Å². The number of hydrogen-bond acceptors (Lipinski definition) is 1. The number of benzene rings is 1. The Morgan fingerprint density at radius 1 is 1.00 bits per heavy atom. The number of hydrogen-bond donors (Lipinski definition) is 1. The van der Waals surface area contributed by atoms with Crippen LogP contribution in [-0.2, 0) is 0 Å². The van der Waals surface area contributed by atoms with Gasteiger partial charge in [0, 0.05) is 6.04 Å². The lowest BCUT2D eigenvalue weighted by Crippen LogP contribution is -2.26. The van der Waals surface area contributed by atoms with Crippen LogP contribution in [0.4, 0.5) is 0 Å². The van der Waals surface area contributed by atoms with E-state index in [1.165, 1.54) is 44.9 Å². The SMILES string of the molecule is CCNC1CCC(C)c2ccc(C3CCCCC3)cc21. The standard InChI is InChI=1S/C19H29N/c1-3-20-19-12-9-14(2)17-11-10-16(13-18(17)19)15-7-5-4-6-8-15/h10-11,13-15,19-20H,3-9,12H2,1-2H3. The molecule has 0 radical (unpaired) electrons. The van der Waals surface area contributed by atoms with Gasteiger partial charge in [-0.25, -0.2) is 0 Å². The molecule has 0 aliphatic heterocycles. The highest BCUT2D eigenvalue weighted by Crippen LogP contribution is 2.40. The summed E-state index contributed by atoms with van der Waals surface area (Å²) >= 11 is 0. The van der Waals surface area contributed by atoms with Gasteiger partial charge in [0.1, 0.15) is 0 Å². The van der Waals surface area contributed by atoms with Gasteiger partial charge < -0.3 is 5.32 Å². The summed E-state index contributed by atoms with van der Waals surface area (Å²) in [5, 5.41) is 3.69. The van der Waals surface area contributed by atoms with Gasteiger partial charge in [0.25, 0.3) is 0 Å². The molecule has 1 nitrogen and oxygen atoms in total. The van der Waals surface area contributed by atoms with E-state index < -0.39 is 0 Å². The zero-order chi connectivity index (χ0) is 13.9. The smallest absolute Gasteiger partial charge is 0.0323 e. The first-order valence-corrected chi connectivity index (χ1v) is 8.66. The summed E-state index contributed by atoms with van der Waals surface area (Å²) in [4.78, 5) is 0. The zero-order valence-electron chi connectivity index (χ0n) is 13.1. The maximum atomic E-state index is 3.69. The molecule has 20 heavy (non-hydrogen) atoms. The zero-order valence-corrected chi connectivity index (χ0v) is 13.1. The molecule has 0 amide bonds. The van der Waals surface area contributed by atoms with Crippen molar-refractivity contribution < 1.29 is 0 Å². The maximum Gasteiger partial charge on any atom is 0.0323 e. The second-order valence-electron chi connectivity index (χ2n) is 6.81. The van der Waals surface area contributed by atoms with Crippen molar-refractivity contribution in [2.75, 3.05) is 6.54 Å². The fourth-order valence-corrected chi connectivity index (χ4v) is 4.22. The molecule has 110 valence electrons. The topological polar surface area (TPSA) is 12.0 Å². The molecule has 0 saturated heterocycles. The predicted molar refractivity (Wildman–Crippen MR) is 86.3 cm³/mol. The summed E-state index contributed by atoms with van der Waals surface area (Å²) in [5.74, 6) is 1.56. The Morgan fingerprint density at radius 3 is 2.55 bits per heavy atom. The molecule has 2 aliphatic rings. The summed E-state index contributed by atoms with van der Waals surface area (Å²) in [6, 6.07) is 8.01. The van der Waals surface area contributed by atoms with Crippen molar-refractivity contribution >= 4 is 0 Å². The summed E-state index contributed by atoms with van der Waals surface area (Å²) in [5.41, 5.74) is 4.82. The molecule has 1 aromatic carbocycles. The minimum atomic E-state index is 0.592. The third-order valence-corrected chi connectivity index (χ3v) is 5.43. The van der Waals surface area contributed by atoms with Gasteiger partial charge in [-0.05, 0) is 60.8 Å². The summed E-state index contributed by atoms with van der Waals surface area (Å²) in [7, 11) is 0. The highest BCUT2D eigenvalue weighted by Gasteiger charge is 2.25. The van der Waals surface area contributed by atoms with E-state index in [-0.39, 0.29) is 0 Å². The van der Waals surface area contributed by atoms with Crippen molar-refractivity contribution in [1.82, 2.24) is 5.32 Å². The van der Waals surface area contributed by atoms with Gasteiger partial charge in [-0.15, -0.1) is 0 Å². The van der Waals surface area contributed by atoms with E-state index >= 15 is 0 Å². The van der Waals surface area contributed by atoms with Crippen LogP contribution in [0.3, 0.4) is 0 Å². The van der Waals surface area contributed by atoms with Gasteiger partial charge in [0.2, 0.25) is 0 Å². The van der Waals surface area contributed by atoms with E-state index in [0.717, 1.165) is 18.4 Å². The van der Waals surface area contributed by atoms with Crippen molar-refractivity contribution in [3.05, 3.63) is 34.9 Å². The normalized spacial score (nSPS) is 27.3. The second-order valence-corrected chi connectivity index (χ2v) is 6.81. The molecule has 1 N–H and O–H groups in total. The number of fused-ring (bicyclic) bond motifs is 1. The third-order valence-electron chi connectivity index (χ3n) is 5.43. The largest absolute Gasteiger partial charge is 0.310 e. The van der Waals surface area contributed by atoms with E-state index in [9.17, 15) is 0 Å². The minimum Gasteiger partial charge on any atom is -0.310 e. The first kappa shape index (κ1) is 14.1. The molecule has 3 rings (SSSR count). The van der Waals surface area contributed by atoms with E-state index in [1.54, 1.807) is 16.7 Å². The van der Waals surface area contributed by atoms with Crippen LogP contribution >= 0.6 is 0 Å². The summed E-state index contributed by atoms with van der Waals surface area (Å²) < 4.78 is 0.